The summed E-state index contributed by atoms with van der Waals surface area (Å²) in [7, 11) is 0. The lowest BCUT2D eigenvalue weighted by molar-refractivity contribution is -0.129. The molecule has 0 radical (unpaired) electrons. The summed E-state index contributed by atoms with van der Waals surface area (Å²) in [6.07, 6.45) is 4.64. The number of hydrogen-bond acceptors (Lipinski definition) is 7. The van der Waals surface area contributed by atoms with Crippen LogP contribution in [0.1, 0.15) is 53.6 Å². The first-order valence-electron chi connectivity index (χ1n) is 14.3. The smallest absolute Gasteiger partial charge is 0.269 e. The van der Waals surface area contributed by atoms with Gasteiger partial charge in [-0.3, -0.25) is 14.8 Å². The van der Waals surface area contributed by atoms with E-state index in [1.54, 1.807) is 11.7 Å². The molecule has 0 aliphatic heterocycles. The van der Waals surface area contributed by atoms with Crippen molar-refractivity contribution >= 4 is 11.8 Å². The number of unbranched alkanes of at least 4 members (excludes halogenated alkanes) is 1. The molecule has 5 aromatic rings. The highest BCUT2D eigenvalue weighted by molar-refractivity contribution is 5.93. The molecule has 0 saturated heterocycles. The molecular weight excluding hydrogens is 544 g/mol. The number of benzene rings is 3. The van der Waals surface area contributed by atoms with Crippen molar-refractivity contribution in [1.29, 1.82) is 0 Å². The highest BCUT2D eigenvalue weighted by atomic mass is 16.5. The summed E-state index contributed by atoms with van der Waals surface area (Å²) in [5.74, 6) is 0.453. The maximum absolute atomic E-state index is 13.6. The first-order valence-corrected chi connectivity index (χ1v) is 14.3. The van der Waals surface area contributed by atoms with E-state index in [4.69, 9.17) is 5.21 Å². The number of carbonyl (C=O) groups excluding carboxylic acids is 2. The zero-order valence-corrected chi connectivity index (χ0v) is 23.9. The van der Waals surface area contributed by atoms with Crippen LogP contribution in [0.25, 0.3) is 22.5 Å². The molecule has 3 aromatic carbocycles. The van der Waals surface area contributed by atoms with E-state index in [9.17, 15) is 9.59 Å². The second kappa shape index (κ2) is 14.1. The first-order chi connectivity index (χ1) is 21.1. The number of aryl methyl sites for hydroxylation is 1. The number of rotatable bonds is 13. The SMILES string of the molecule is CCCCc1ncc(C(=O)N[C@@H](CC(=O)NO)Cc2ccccc2)n1Cc1ccc(-c2ccccc2-c2nn[nH]n2)cc1. The number of hydrogen-bond donors (Lipinski definition) is 4. The van der Waals surface area contributed by atoms with Crippen LogP contribution >= 0.6 is 0 Å². The highest BCUT2D eigenvalue weighted by Crippen LogP contribution is 2.30. The summed E-state index contributed by atoms with van der Waals surface area (Å²) < 4.78 is 1.94. The third kappa shape index (κ3) is 7.38. The number of nitrogens with zero attached hydrogens (tertiary/aromatic N) is 5. The number of hydroxylamine groups is 1. The fourth-order valence-electron chi connectivity index (χ4n) is 5.09. The molecule has 0 spiro atoms. The van der Waals surface area contributed by atoms with E-state index in [-0.39, 0.29) is 12.3 Å². The van der Waals surface area contributed by atoms with E-state index in [2.05, 4.69) is 37.8 Å². The molecule has 4 N–H and O–H groups in total. The number of imidazole rings is 1. The Labute approximate surface area is 249 Å². The number of H-pyrrole nitrogens is 1. The van der Waals surface area contributed by atoms with Gasteiger partial charge in [0.15, 0.2) is 0 Å². The molecule has 2 heterocycles. The zero-order chi connectivity index (χ0) is 30.0. The van der Waals surface area contributed by atoms with E-state index in [1.165, 1.54) is 0 Å². The summed E-state index contributed by atoms with van der Waals surface area (Å²) >= 11 is 0. The van der Waals surface area contributed by atoms with Crippen molar-refractivity contribution in [2.75, 3.05) is 0 Å². The van der Waals surface area contributed by atoms with Gasteiger partial charge in [-0.25, -0.2) is 10.5 Å². The Morgan fingerprint density at radius 1 is 0.953 bits per heavy atom. The van der Waals surface area contributed by atoms with E-state index in [0.29, 0.717) is 24.5 Å². The van der Waals surface area contributed by atoms with E-state index in [1.807, 2.05) is 83.4 Å². The fourth-order valence-corrected chi connectivity index (χ4v) is 5.09. The summed E-state index contributed by atoms with van der Waals surface area (Å²) in [6.45, 7) is 2.57. The lowest BCUT2D eigenvalue weighted by Crippen LogP contribution is -2.41. The van der Waals surface area contributed by atoms with E-state index < -0.39 is 11.9 Å². The van der Waals surface area contributed by atoms with E-state index in [0.717, 1.165) is 52.9 Å². The van der Waals surface area contributed by atoms with Gasteiger partial charge in [-0.05, 0) is 40.3 Å². The van der Waals surface area contributed by atoms with Gasteiger partial charge >= 0.3 is 0 Å². The van der Waals surface area contributed by atoms with Crippen LogP contribution in [0.2, 0.25) is 0 Å². The van der Waals surface area contributed by atoms with Crippen LogP contribution < -0.4 is 10.8 Å². The molecule has 0 aliphatic rings. The monoisotopic (exact) mass is 578 g/mol. The Balaban J connectivity index is 1.38. The molecule has 11 nitrogen and oxygen atoms in total. The van der Waals surface area contributed by atoms with Gasteiger partial charge in [-0.15, -0.1) is 10.2 Å². The van der Waals surface area contributed by atoms with Gasteiger partial charge in [0.25, 0.3) is 5.91 Å². The lowest BCUT2D eigenvalue weighted by atomic mass is 9.98. The first kappa shape index (κ1) is 29.3. The summed E-state index contributed by atoms with van der Waals surface area (Å²) in [5.41, 5.74) is 6.93. The second-order valence-electron chi connectivity index (χ2n) is 10.3. The average molecular weight is 579 g/mol. The van der Waals surface area contributed by atoms with Gasteiger partial charge < -0.3 is 9.88 Å². The number of aromatic amines is 1. The Morgan fingerprint density at radius 3 is 2.40 bits per heavy atom. The van der Waals surface area contributed by atoms with Crippen molar-refractivity contribution in [3.8, 4) is 22.5 Å². The second-order valence-corrected chi connectivity index (χ2v) is 10.3. The average Bonchev–Trinajstić information content (AvgIpc) is 3.71. The van der Waals surface area contributed by atoms with Crippen molar-refractivity contribution in [1.82, 2.24) is 41.0 Å². The Kier molecular flexibility index (Phi) is 9.65. The molecule has 2 amide bonds. The zero-order valence-electron chi connectivity index (χ0n) is 23.9. The normalized spacial score (nSPS) is 11.7. The number of aromatic nitrogens is 6. The molecule has 43 heavy (non-hydrogen) atoms. The molecule has 0 bridgehead atoms. The molecule has 0 unspecified atom stereocenters. The summed E-state index contributed by atoms with van der Waals surface area (Å²) in [4.78, 5) is 30.3. The maximum Gasteiger partial charge on any atom is 0.269 e. The van der Waals surface area contributed by atoms with Crippen LogP contribution in [0.4, 0.5) is 0 Å². The third-order valence-corrected chi connectivity index (χ3v) is 7.26. The van der Waals surface area contributed by atoms with Crippen molar-refractivity contribution in [2.24, 2.45) is 0 Å². The Bertz CT molecular complexity index is 1630. The Hall–Kier alpha value is -5.16. The predicted octanol–water partition coefficient (Wildman–Crippen LogP) is 4.36. The molecule has 0 aliphatic carbocycles. The summed E-state index contributed by atoms with van der Waals surface area (Å²) in [5, 5.41) is 26.6. The molecular formula is C32H34N8O3. The van der Waals surface area contributed by atoms with E-state index >= 15 is 0 Å². The van der Waals surface area contributed by atoms with Crippen LogP contribution in [0.3, 0.4) is 0 Å². The van der Waals surface area contributed by atoms with Crippen LogP contribution in [0.15, 0.2) is 85.1 Å². The van der Waals surface area contributed by atoms with Crippen LogP contribution in [0, 0.1) is 0 Å². The van der Waals surface area contributed by atoms with Gasteiger partial charge in [0.1, 0.15) is 11.5 Å². The number of amides is 2. The topological polar surface area (TPSA) is 151 Å². The molecule has 0 saturated carbocycles. The standard InChI is InChI=1S/C32H34N8O3/c1-2-3-13-29-33-20-28(32(42)34-25(19-30(41)37-43)18-22-9-5-4-6-10-22)40(29)21-23-14-16-24(17-15-23)26-11-7-8-12-27(26)31-35-38-39-36-31/h4-12,14-17,20,25,43H,2-3,13,18-19,21H2,1H3,(H,34,42)(H,37,41)(H,35,36,38,39)/t25-/m1/s1. The highest BCUT2D eigenvalue weighted by Gasteiger charge is 2.22. The number of nitrogens with one attached hydrogen (secondary N) is 3. The minimum atomic E-state index is -0.570. The van der Waals surface area contributed by atoms with Crippen LogP contribution in [-0.4, -0.2) is 53.2 Å². The predicted molar refractivity (Wildman–Crippen MR) is 161 cm³/mol. The number of carbonyl (C=O) groups is 2. The maximum atomic E-state index is 13.6. The van der Waals surface area contributed by atoms with Gasteiger partial charge in [-0.1, -0.05) is 92.2 Å². The molecule has 0 fully saturated rings. The van der Waals surface area contributed by atoms with Crippen molar-refractivity contribution in [3.05, 3.63) is 108 Å². The molecule has 220 valence electrons. The minimum absolute atomic E-state index is 0.0687. The molecule has 1 atom stereocenters. The third-order valence-electron chi connectivity index (χ3n) is 7.26. The minimum Gasteiger partial charge on any atom is -0.347 e. The van der Waals surface area contributed by atoms with Crippen molar-refractivity contribution in [3.63, 3.8) is 0 Å². The largest absolute Gasteiger partial charge is 0.347 e. The van der Waals surface area contributed by atoms with Crippen molar-refractivity contribution < 1.29 is 14.8 Å². The quantitative estimate of drug-likeness (QED) is 0.120. The molecule has 5 rings (SSSR count). The fraction of sp³-hybridized carbons (Fsp3) is 0.250. The Morgan fingerprint density at radius 2 is 1.70 bits per heavy atom. The van der Waals surface area contributed by atoms with Crippen molar-refractivity contribution in [2.45, 2.75) is 51.6 Å². The van der Waals surface area contributed by atoms with Crippen LogP contribution in [0.5, 0.6) is 0 Å². The van der Waals surface area contributed by atoms with Gasteiger partial charge in [0.2, 0.25) is 11.7 Å². The summed E-state index contributed by atoms with van der Waals surface area (Å²) in [6, 6.07) is 25.1. The molecule has 2 aromatic heterocycles. The van der Waals surface area contributed by atoms with Gasteiger partial charge in [-0.2, -0.15) is 5.21 Å². The van der Waals surface area contributed by atoms with Gasteiger partial charge in [0.05, 0.1) is 6.20 Å². The van der Waals surface area contributed by atoms with Gasteiger partial charge in [0, 0.05) is 31.0 Å². The lowest BCUT2D eigenvalue weighted by Gasteiger charge is -2.19. The molecule has 11 heteroatoms. The van der Waals surface area contributed by atoms with Crippen LogP contribution in [-0.2, 0) is 24.2 Å². The number of tetrazole rings is 1.